The summed E-state index contributed by atoms with van der Waals surface area (Å²) in [4.78, 5) is 11.9. The molecule has 210 valence electrons. The molecular weight excluding hydrogens is 479 g/mol. The van der Waals surface area contributed by atoms with Crippen molar-refractivity contribution in [1.82, 2.24) is 0 Å². The van der Waals surface area contributed by atoms with Gasteiger partial charge in [0.1, 0.15) is 17.6 Å². The summed E-state index contributed by atoms with van der Waals surface area (Å²) in [6, 6.07) is 16.5. The van der Waals surface area contributed by atoms with Gasteiger partial charge in [0, 0.05) is 0 Å². The summed E-state index contributed by atoms with van der Waals surface area (Å²) >= 11 is 0. The Balaban J connectivity index is 1.37. The van der Waals surface area contributed by atoms with Crippen molar-refractivity contribution >= 4 is 5.97 Å². The Morgan fingerprint density at radius 3 is 2.03 bits per heavy atom. The van der Waals surface area contributed by atoms with Gasteiger partial charge in [0.15, 0.2) is 6.17 Å². The number of carbonyl (C=O) groups is 1. The fourth-order valence-electron chi connectivity index (χ4n) is 4.99. The van der Waals surface area contributed by atoms with Gasteiger partial charge >= 0.3 is 5.97 Å². The van der Waals surface area contributed by atoms with Gasteiger partial charge in [-0.25, -0.2) is 9.18 Å². The van der Waals surface area contributed by atoms with Crippen LogP contribution in [-0.2, 0) is 9.53 Å². The molecule has 0 amide bonds. The fraction of sp³-hybridized carbons (Fsp3) is 0.606. The SMILES string of the molecule is CCCCCC[C@H](C)Oc1ccc(-c2ccc(OCC3CCC(OC(=O)[C@@H](F)CCCC)CC3)cc2)cc1. The third-order valence-electron chi connectivity index (χ3n) is 7.47. The monoisotopic (exact) mass is 526 g/mol. The van der Waals surface area contributed by atoms with Crippen molar-refractivity contribution in [1.29, 1.82) is 0 Å². The van der Waals surface area contributed by atoms with E-state index in [0.717, 1.165) is 61.2 Å². The maximum Gasteiger partial charge on any atom is 0.340 e. The quantitative estimate of drug-likeness (QED) is 0.162. The second-order valence-corrected chi connectivity index (χ2v) is 10.8. The van der Waals surface area contributed by atoms with E-state index in [-0.39, 0.29) is 18.6 Å². The average molecular weight is 527 g/mol. The number of halogens is 1. The van der Waals surface area contributed by atoms with Crippen LogP contribution in [0.2, 0.25) is 0 Å². The Bertz CT molecular complexity index is 919. The average Bonchev–Trinajstić information content (AvgIpc) is 2.94. The third kappa shape index (κ3) is 10.3. The maximum atomic E-state index is 13.9. The number of carbonyl (C=O) groups excluding carboxylic acids is 1. The van der Waals surface area contributed by atoms with Crippen molar-refractivity contribution in [2.45, 2.75) is 116 Å². The largest absolute Gasteiger partial charge is 0.493 e. The van der Waals surface area contributed by atoms with Crippen molar-refractivity contribution in [2.75, 3.05) is 6.61 Å². The maximum absolute atomic E-state index is 13.9. The van der Waals surface area contributed by atoms with E-state index >= 15 is 0 Å². The first-order chi connectivity index (χ1) is 18.5. The number of unbranched alkanes of at least 4 members (excludes halogenated alkanes) is 4. The lowest BCUT2D eigenvalue weighted by Crippen LogP contribution is -2.30. The first-order valence-electron chi connectivity index (χ1n) is 14.8. The second kappa shape index (κ2) is 16.4. The summed E-state index contributed by atoms with van der Waals surface area (Å²) in [6.45, 7) is 7.01. The van der Waals surface area contributed by atoms with Gasteiger partial charge in [0.2, 0.25) is 0 Å². The zero-order valence-electron chi connectivity index (χ0n) is 23.6. The van der Waals surface area contributed by atoms with E-state index in [4.69, 9.17) is 14.2 Å². The van der Waals surface area contributed by atoms with Gasteiger partial charge < -0.3 is 14.2 Å². The molecule has 0 heterocycles. The van der Waals surface area contributed by atoms with E-state index in [9.17, 15) is 9.18 Å². The van der Waals surface area contributed by atoms with Crippen molar-refractivity contribution < 1.29 is 23.4 Å². The molecule has 0 unspecified atom stereocenters. The van der Waals surface area contributed by atoms with Crippen LogP contribution in [-0.4, -0.2) is 31.0 Å². The van der Waals surface area contributed by atoms with E-state index in [0.29, 0.717) is 18.9 Å². The molecule has 0 N–H and O–H groups in total. The van der Waals surface area contributed by atoms with Gasteiger partial charge in [0.25, 0.3) is 0 Å². The minimum atomic E-state index is -1.49. The van der Waals surface area contributed by atoms with Crippen LogP contribution >= 0.6 is 0 Å². The number of hydrogen-bond donors (Lipinski definition) is 0. The van der Waals surface area contributed by atoms with Crippen LogP contribution in [0.5, 0.6) is 11.5 Å². The number of alkyl halides is 1. The highest BCUT2D eigenvalue weighted by molar-refractivity contribution is 5.74. The minimum absolute atomic E-state index is 0.163. The van der Waals surface area contributed by atoms with Crippen molar-refractivity contribution in [3.63, 3.8) is 0 Å². The molecule has 0 spiro atoms. The first kappa shape index (κ1) is 30.0. The molecule has 0 saturated heterocycles. The summed E-state index contributed by atoms with van der Waals surface area (Å²) < 4.78 is 31.4. The summed E-state index contributed by atoms with van der Waals surface area (Å²) in [5, 5.41) is 0. The molecule has 1 saturated carbocycles. The third-order valence-corrected chi connectivity index (χ3v) is 7.47. The lowest BCUT2D eigenvalue weighted by atomic mass is 9.88. The Kier molecular flexibility index (Phi) is 13.0. The van der Waals surface area contributed by atoms with Gasteiger partial charge in [-0.2, -0.15) is 0 Å². The molecule has 2 atom stereocenters. The molecule has 0 aromatic heterocycles. The molecule has 1 aliphatic carbocycles. The summed E-state index contributed by atoms with van der Waals surface area (Å²) in [7, 11) is 0. The van der Waals surface area contributed by atoms with Crippen LogP contribution in [0.1, 0.15) is 97.8 Å². The van der Waals surface area contributed by atoms with E-state index in [2.05, 4.69) is 50.2 Å². The summed E-state index contributed by atoms with van der Waals surface area (Å²) in [5.41, 5.74) is 2.29. The summed E-state index contributed by atoms with van der Waals surface area (Å²) in [6.07, 6.45) is 9.98. The number of esters is 1. The Labute approximate surface area is 229 Å². The predicted molar refractivity (Wildman–Crippen MR) is 152 cm³/mol. The lowest BCUT2D eigenvalue weighted by molar-refractivity contribution is -0.157. The van der Waals surface area contributed by atoms with E-state index in [1.54, 1.807) is 0 Å². The lowest BCUT2D eigenvalue weighted by Gasteiger charge is -2.28. The zero-order chi connectivity index (χ0) is 27.2. The number of benzene rings is 2. The van der Waals surface area contributed by atoms with Crippen LogP contribution in [0.25, 0.3) is 11.1 Å². The molecule has 1 fully saturated rings. The van der Waals surface area contributed by atoms with Crippen LogP contribution in [0.3, 0.4) is 0 Å². The van der Waals surface area contributed by atoms with Crippen LogP contribution in [0.4, 0.5) is 4.39 Å². The van der Waals surface area contributed by atoms with Crippen molar-refractivity contribution in [2.24, 2.45) is 5.92 Å². The van der Waals surface area contributed by atoms with Gasteiger partial charge in [-0.05, 0) is 93.2 Å². The van der Waals surface area contributed by atoms with Gasteiger partial charge in [-0.3, -0.25) is 0 Å². The minimum Gasteiger partial charge on any atom is -0.493 e. The van der Waals surface area contributed by atoms with E-state index < -0.39 is 12.1 Å². The van der Waals surface area contributed by atoms with Crippen LogP contribution < -0.4 is 9.47 Å². The topological polar surface area (TPSA) is 44.8 Å². The number of hydrogen-bond acceptors (Lipinski definition) is 4. The molecule has 1 aliphatic rings. The highest BCUT2D eigenvalue weighted by Gasteiger charge is 2.27. The van der Waals surface area contributed by atoms with Gasteiger partial charge in [-0.15, -0.1) is 0 Å². The Hall–Kier alpha value is -2.56. The van der Waals surface area contributed by atoms with Crippen molar-refractivity contribution in [3.8, 4) is 22.6 Å². The normalized spacial score (nSPS) is 18.9. The summed E-state index contributed by atoms with van der Waals surface area (Å²) in [5.74, 6) is 1.51. The molecule has 4 nitrogen and oxygen atoms in total. The standard InChI is InChI=1S/C33H47FO4/c1-4-6-8-9-10-25(3)37-30-22-16-28(17-23-30)27-14-20-29(21-15-27)36-24-26-12-18-31(19-13-26)38-33(35)32(34)11-7-5-2/h14-17,20-23,25-26,31-32H,4-13,18-19,24H2,1-3H3/t25-,26?,31?,32-/m0/s1. The van der Waals surface area contributed by atoms with Gasteiger partial charge in [0.05, 0.1) is 12.7 Å². The molecule has 0 radical (unpaired) electrons. The Morgan fingerprint density at radius 1 is 0.816 bits per heavy atom. The van der Waals surface area contributed by atoms with Gasteiger partial charge in [-0.1, -0.05) is 70.2 Å². The number of rotatable bonds is 16. The molecule has 3 rings (SSSR count). The highest BCUT2D eigenvalue weighted by atomic mass is 19.1. The molecule has 2 aromatic rings. The molecule has 0 bridgehead atoms. The molecular formula is C33H47FO4. The fourth-order valence-corrected chi connectivity index (χ4v) is 4.99. The van der Waals surface area contributed by atoms with Crippen LogP contribution in [0, 0.1) is 5.92 Å². The smallest absolute Gasteiger partial charge is 0.340 e. The number of ether oxygens (including phenoxy) is 3. The second-order valence-electron chi connectivity index (χ2n) is 10.8. The first-order valence-corrected chi connectivity index (χ1v) is 14.8. The van der Waals surface area contributed by atoms with Crippen molar-refractivity contribution in [3.05, 3.63) is 48.5 Å². The predicted octanol–water partition coefficient (Wildman–Crippen LogP) is 9.10. The molecule has 5 heteroatoms. The zero-order valence-corrected chi connectivity index (χ0v) is 23.6. The Morgan fingerprint density at radius 2 is 1.42 bits per heavy atom. The molecule has 2 aromatic carbocycles. The molecule has 0 aliphatic heterocycles. The van der Waals surface area contributed by atoms with E-state index in [1.165, 1.54) is 25.7 Å². The van der Waals surface area contributed by atoms with E-state index in [1.807, 2.05) is 19.1 Å². The molecule has 38 heavy (non-hydrogen) atoms. The van der Waals surface area contributed by atoms with Crippen LogP contribution in [0.15, 0.2) is 48.5 Å². The highest BCUT2D eigenvalue weighted by Crippen LogP contribution is 2.29.